The summed E-state index contributed by atoms with van der Waals surface area (Å²) in [6.45, 7) is 3.40. The molecule has 0 saturated heterocycles. The first-order valence-electron chi connectivity index (χ1n) is 6.91. The molecule has 0 bridgehead atoms. The zero-order valence-corrected chi connectivity index (χ0v) is 13.0. The topological polar surface area (TPSA) is 52.6 Å². The van der Waals surface area contributed by atoms with E-state index in [1.54, 1.807) is 30.4 Å². The number of fused-ring (bicyclic) bond motifs is 3. The van der Waals surface area contributed by atoms with E-state index >= 15 is 0 Å². The van der Waals surface area contributed by atoms with Crippen molar-refractivity contribution < 1.29 is 19.1 Å². The molecule has 0 unspecified atom stereocenters. The van der Waals surface area contributed by atoms with Crippen LogP contribution in [0.2, 0.25) is 0 Å². The third kappa shape index (κ3) is 2.55. The van der Waals surface area contributed by atoms with Gasteiger partial charge in [-0.2, -0.15) is 0 Å². The SMILES string of the molecule is CCOC(=O)c1cc(OC(C)=O)c2c(c1)sc1ccccc12. The Morgan fingerprint density at radius 3 is 2.64 bits per heavy atom. The fraction of sp³-hybridized carbons (Fsp3) is 0.176. The third-order valence-electron chi connectivity index (χ3n) is 3.21. The van der Waals surface area contributed by atoms with Crippen molar-refractivity contribution in [2.24, 2.45) is 0 Å². The van der Waals surface area contributed by atoms with Gasteiger partial charge in [0, 0.05) is 27.1 Å². The Kier molecular flexibility index (Phi) is 3.81. The van der Waals surface area contributed by atoms with Crippen LogP contribution in [-0.2, 0) is 9.53 Å². The van der Waals surface area contributed by atoms with E-state index in [0.29, 0.717) is 17.9 Å². The smallest absolute Gasteiger partial charge is 0.338 e. The Balaban J connectivity index is 2.28. The molecule has 0 N–H and O–H groups in total. The van der Waals surface area contributed by atoms with E-state index in [1.165, 1.54) is 6.92 Å². The maximum atomic E-state index is 12.0. The van der Waals surface area contributed by atoms with Gasteiger partial charge < -0.3 is 9.47 Å². The fourth-order valence-electron chi connectivity index (χ4n) is 2.38. The molecule has 112 valence electrons. The molecular weight excluding hydrogens is 300 g/mol. The van der Waals surface area contributed by atoms with Gasteiger partial charge in [0.15, 0.2) is 0 Å². The van der Waals surface area contributed by atoms with Crippen LogP contribution < -0.4 is 4.74 Å². The molecule has 1 aromatic heterocycles. The quantitative estimate of drug-likeness (QED) is 0.538. The average Bonchev–Trinajstić information content (AvgIpc) is 2.85. The Morgan fingerprint density at radius 2 is 1.91 bits per heavy atom. The molecule has 4 nitrogen and oxygen atoms in total. The number of hydrogen-bond donors (Lipinski definition) is 0. The minimum Gasteiger partial charge on any atom is -0.462 e. The van der Waals surface area contributed by atoms with E-state index in [4.69, 9.17) is 9.47 Å². The van der Waals surface area contributed by atoms with Crippen molar-refractivity contribution in [3.63, 3.8) is 0 Å². The van der Waals surface area contributed by atoms with Gasteiger partial charge in [-0.25, -0.2) is 4.79 Å². The van der Waals surface area contributed by atoms with Gasteiger partial charge >= 0.3 is 11.9 Å². The minimum absolute atomic E-state index is 0.298. The summed E-state index contributed by atoms with van der Waals surface area (Å²) in [6.07, 6.45) is 0. The molecule has 1 heterocycles. The highest BCUT2D eigenvalue weighted by Crippen LogP contribution is 2.40. The molecule has 0 aliphatic carbocycles. The van der Waals surface area contributed by atoms with Crippen LogP contribution in [0.25, 0.3) is 20.2 Å². The Bertz CT molecular complexity index is 879. The van der Waals surface area contributed by atoms with Crippen LogP contribution >= 0.6 is 11.3 Å². The second-order valence-electron chi connectivity index (χ2n) is 4.76. The van der Waals surface area contributed by atoms with E-state index in [1.807, 2.05) is 24.3 Å². The maximum absolute atomic E-state index is 12.0. The van der Waals surface area contributed by atoms with Crippen molar-refractivity contribution in [2.75, 3.05) is 6.61 Å². The first kappa shape index (κ1) is 14.5. The van der Waals surface area contributed by atoms with Gasteiger partial charge in [-0.15, -0.1) is 11.3 Å². The van der Waals surface area contributed by atoms with Gasteiger partial charge in [-0.3, -0.25) is 4.79 Å². The van der Waals surface area contributed by atoms with Crippen LogP contribution in [-0.4, -0.2) is 18.5 Å². The number of thiophene rings is 1. The zero-order chi connectivity index (χ0) is 15.7. The number of esters is 2. The van der Waals surface area contributed by atoms with Gasteiger partial charge in [0.2, 0.25) is 0 Å². The standard InChI is InChI=1S/C17H14O4S/c1-3-20-17(19)11-8-13(21-10(2)18)16-12-6-4-5-7-14(12)22-15(16)9-11/h4-9H,3H2,1-2H3. The molecule has 5 heteroatoms. The second kappa shape index (κ2) is 5.77. The van der Waals surface area contributed by atoms with Gasteiger partial charge in [0.05, 0.1) is 12.2 Å². The number of hydrogen-bond acceptors (Lipinski definition) is 5. The molecule has 0 fully saturated rings. The zero-order valence-electron chi connectivity index (χ0n) is 12.2. The summed E-state index contributed by atoms with van der Waals surface area (Å²) in [7, 11) is 0. The normalized spacial score (nSPS) is 10.8. The first-order chi connectivity index (χ1) is 10.6. The summed E-state index contributed by atoms with van der Waals surface area (Å²) in [4.78, 5) is 23.4. The van der Waals surface area contributed by atoms with E-state index in [-0.39, 0.29) is 0 Å². The van der Waals surface area contributed by atoms with Crippen LogP contribution in [0.15, 0.2) is 36.4 Å². The predicted octanol–water partition coefficient (Wildman–Crippen LogP) is 4.16. The summed E-state index contributed by atoms with van der Waals surface area (Å²) in [5.74, 6) is -0.446. The van der Waals surface area contributed by atoms with Crippen molar-refractivity contribution in [3.05, 3.63) is 42.0 Å². The third-order valence-corrected chi connectivity index (χ3v) is 4.32. The molecule has 3 aromatic rings. The highest BCUT2D eigenvalue weighted by molar-refractivity contribution is 7.25. The Morgan fingerprint density at radius 1 is 1.14 bits per heavy atom. The molecule has 0 amide bonds. The van der Waals surface area contributed by atoms with Gasteiger partial charge in [0.1, 0.15) is 5.75 Å². The lowest BCUT2D eigenvalue weighted by atomic mass is 10.1. The largest absolute Gasteiger partial charge is 0.462 e. The average molecular weight is 314 g/mol. The highest BCUT2D eigenvalue weighted by Gasteiger charge is 2.17. The summed E-state index contributed by atoms with van der Waals surface area (Å²) < 4.78 is 12.3. The molecule has 22 heavy (non-hydrogen) atoms. The number of carbonyl (C=O) groups excluding carboxylic acids is 2. The lowest BCUT2D eigenvalue weighted by molar-refractivity contribution is -0.131. The number of ether oxygens (including phenoxy) is 2. The summed E-state index contributed by atoms with van der Waals surface area (Å²) in [5.41, 5.74) is 0.386. The van der Waals surface area contributed by atoms with Crippen LogP contribution in [0, 0.1) is 0 Å². The van der Waals surface area contributed by atoms with E-state index in [0.717, 1.165) is 20.2 Å². The predicted molar refractivity (Wildman–Crippen MR) is 86.6 cm³/mol. The van der Waals surface area contributed by atoms with Gasteiger partial charge in [0.25, 0.3) is 0 Å². The second-order valence-corrected chi connectivity index (χ2v) is 5.84. The van der Waals surface area contributed by atoms with Crippen LogP contribution in [0.4, 0.5) is 0 Å². The molecule has 0 aliphatic rings. The maximum Gasteiger partial charge on any atom is 0.338 e. The lowest BCUT2D eigenvalue weighted by Crippen LogP contribution is -2.07. The van der Waals surface area contributed by atoms with Crippen molar-refractivity contribution >= 4 is 43.4 Å². The first-order valence-corrected chi connectivity index (χ1v) is 7.72. The van der Waals surface area contributed by atoms with Crippen molar-refractivity contribution in [1.29, 1.82) is 0 Å². The van der Waals surface area contributed by atoms with Crippen LogP contribution in [0.5, 0.6) is 5.75 Å². The number of benzene rings is 2. The summed E-state index contributed by atoms with van der Waals surface area (Å²) in [6, 6.07) is 11.2. The minimum atomic E-state index is -0.421. The molecule has 0 atom stereocenters. The summed E-state index contributed by atoms with van der Waals surface area (Å²) >= 11 is 1.55. The monoisotopic (exact) mass is 314 g/mol. The molecule has 0 aliphatic heterocycles. The number of rotatable bonds is 3. The Labute approximate surface area is 131 Å². The van der Waals surface area contributed by atoms with E-state index in [2.05, 4.69) is 0 Å². The van der Waals surface area contributed by atoms with Crippen molar-refractivity contribution in [3.8, 4) is 5.75 Å². The molecular formula is C17H14O4S. The van der Waals surface area contributed by atoms with E-state index in [9.17, 15) is 9.59 Å². The Hall–Kier alpha value is -2.40. The van der Waals surface area contributed by atoms with Crippen molar-refractivity contribution in [1.82, 2.24) is 0 Å². The summed E-state index contributed by atoms with van der Waals surface area (Å²) in [5, 5.41) is 1.86. The molecule has 2 aromatic carbocycles. The molecule has 3 rings (SSSR count). The van der Waals surface area contributed by atoms with Crippen molar-refractivity contribution in [2.45, 2.75) is 13.8 Å². The fourth-order valence-corrected chi connectivity index (χ4v) is 3.55. The van der Waals surface area contributed by atoms with Crippen LogP contribution in [0.1, 0.15) is 24.2 Å². The lowest BCUT2D eigenvalue weighted by Gasteiger charge is -2.07. The van der Waals surface area contributed by atoms with Gasteiger partial charge in [-0.05, 0) is 25.1 Å². The molecule has 0 spiro atoms. The number of carbonyl (C=O) groups is 2. The van der Waals surface area contributed by atoms with E-state index < -0.39 is 11.9 Å². The van der Waals surface area contributed by atoms with Crippen LogP contribution in [0.3, 0.4) is 0 Å². The molecule has 0 radical (unpaired) electrons. The highest BCUT2D eigenvalue weighted by atomic mass is 32.1. The van der Waals surface area contributed by atoms with Gasteiger partial charge in [-0.1, -0.05) is 18.2 Å². The molecule has 0 saturated carbocycles.